The molecule has 0 unspecified atom stereocenters. The van der Waals surface area contributed by atoms with Gasteiger partial charge in [0.05, 0.1) is 10.5 Å². The first-order chi connectivity index (χ1) is 14.3. The van der Waals surface area contributed by atoms with Crippen molar-refractivity contribution in [1.29, 1.82) is 0 Å². The molecular weight excluding hydrogens is 394 g/mol. The van der Waals surface area contributed by atoms with Crippen molar-refractivity contribution in [1.82, 2.24) is 4.90 Å². The van der Waals surface area contributed by atoms with E-state index in [1.54, 1.807) is 6.07 Å². The summed E-state index contributed by atoms with van der Waals surface area (Å²) in [4.78, 5) is 47.6. The Morgan fingerprint density at radius 2 is 1.93 bits per heavy atom. The molecule has 2 amide bonds. The number of nitrogens with one attached hydrogen (secondary N) is 1. The van der Waals surface area contributed by atoms with Gasteiger partial charge < -0.3 is 15.2 Å². The molecule has 2 aromatic carbocycles. The summed E-state index contributed by atoms with van der Waals surface area (Å²) in [5.74, 6) is -1.54. The number of rotatable bonds is 6. The number of ether oxygens (including phenoxy) is 1. The molecule has 0 saturated carbocycles. The minimum Gasteiger partial charge on any atom is -0.478 e. The van der Waals surface area contributed by atoms with Crippen LogP contribution in [0.25, 0.3) is 0 Å². The van der Waals surface area contributed by atoms with Crippen LogP contribution in [0.3, 0.4) is 0 Å². The molecule has 2 N–H and O–H groups in total. The lowest BCUT2D eigenvalue weighted by atomic mass is 10.1. The predicted molar refractivity (Wildman–Crippen MR) is 105 cm³/mol. The van der Waals surface area contributed by atoms with Gasteiger partial charge in [0.1, 0.15) is 12.6 Å². The van der Waals surface area contributed by atoms with Gasteiger partial charge >= 0.3 is 12.1 Å². The summed E-state index contributed by atoms with van der Waals surface area (Å²) in [7, 11) is 0. The number of nitro benzene ring substituents is 1. The van der Waals surface area contributed by atoms with Crippen molar-refractivity contribution in [2.45, 2.75) is 25.5 Å². The number of carboxylic acid groups (broad SMARTS) is 1. The van der Waals surface area contributed by atoms with Crippen LogP contribution in [-0.4, -0.2) is 45.5 Å². The van der Waals surface area contributed by atoms with E-state index >= 15 is 0 Å². The van der Waals surface area contributed by atoms with Gasteiger partial charge in [0.15, 0.2) is 0 Å². The summed E-state index contributed by atoms with van der Waals surface area (Å²) in [6, 6.07) is 10.7. The minimum absolute atomic E-state index is 0.0404. The average molecular weight is 413 g/mol. The van der Waals surface area contributed by atoms with Crippen molar-refractivity contribution in [3.05, 3.63) is 69.8 Å². The van der Waals surface area contributed by atoms with Crippen molar-refractivity contribution >= 4 is 29.3 Å². The molecule has 0 aromatic heterocycles. The Hall–Kier alpha value is -3.95. The summed E-state index contributed by atoms with van der Waals surface area (Å²) in [6.45, 7) is 0.272. The second kappa shape index (κ2) is 9.03. The topological polar surface area (TPSA) is 139 Å². The number of nitrogens with zero attached hydrogens (tertiary/aromatic N) is 2. The van der Waals surface area contributed by atoms with Crippen molar-refractivity contribution in [2.75, 3.05) is 11.9 Å². The highest BCUT2D eigenvalue weighted by Gasteiger charge is 2.35. The molecule has 156 valence electrons. The number of aromatic carboxylic acids is 1. The van der Waals surface area contributed by atoms with Crippen LogP contribution in [-0.2, 0) is 16.1 Å². The second-order valence-corrected chi connectivity index (χ2v) is 6.70. The lowest BCUT2D eigenvalue weighted by Gasteiger charge is -2.23. The molecule has 2 aromatic rings. The maximum atomic E-state index is 12.6. The van der Waals surface area contributed by atoms with Crippen LogP contribution in [0.15, 0.2) is 48.5 Å². The zero-order valence-electron chi connectivity index (χ0n) is 15.8. The molecule has 10 heteroatoms. The Bertz CT molecular complexity index is 975. The van der Waals surface area contributed by atoms with E-state index in [1.807, 2.05) is 0 Å². The van der Waals surface area contributed by atoms with Crippen LogP contribution in [0.2, 0.25) is 0 Å². The molecule has 1 saturated heterocycles. The van der Waals surface area contributed by atoms with E-state index in [4.69, 9.17) is 9.84 Å². The number of carboxylic acids is 1. The van der Waals surface area contributed by atoms with E-state index in [0.717, 1.165) is 0 Å². The first kappa shape index (κ1) is 20.8. The van der Waals surface area contributed by atoms with Gasteiger partial charge in [-0.3, -0.25) is 19.8 Å². The Kier molecular flexibility index (Phi) is 6.26. The van der Waals surface area contributed by atoms with Crippen molar-refractivity contribution in [3.63, 3.8) is 0 Å². The van der Waals surface area contributed by atoms with Crippen LogP contribution in [0, 0.1) is 10.1 Å². The molecule has 0 radical (unpaired) electrons. The number of amides is 2. The normalized spacial score (nSPS) is 15.5. The van der Waals surface area contributed by atoms with Crippen LogP contribution in [0.5, 0.6) is 0 Å². The number of anilines is 1. The molecule has 0 spiro atoms. The van der Waals surface area contributed by atoms with Crippen molar-refractivity contribution in [3.8, 4) is 0 Å². The number of hydrogen-bond acceptors (Lipinski definition) is 6. The smallest absolute Gasteiger partial charge is 0.410 e. The van der Waals surface area contributed by atoms with E-state index in [2.05, 4.69) is 5.32 Å². The Morgan fingerprint density at radius 1 is 1.20 bits per heavy atom. The van der Waals surface area contributed by atoms with E-state index in [-0.39, 0.29) is 17.9 Å². The van der Waals surface area contributed by atoms with E-state index in [0.29, 0.717) is 30.6 Å². The average Bonchev–Trinajstić information content (AvgIpc) is 3.22. The molecule has 3 rings (SSSR count). The fraction of sp³-hybridized carbons (Fsp3) is 0.250. The molecular formula is C20H19N3O7. The predicted octanol–water partition coefficient (Wildman–Crippen LogP) is 3.03. The van der Waals surface area contributed by atoms with Crippen LogP contribution in [0.4, 0.5) is 16.2 Å². The molecule has 1 fully saturated rings. The molecule has 1 atom stereocenters. The van der Waals surface area contributed by atoms with Crippen LogP contribution in [0.1, 0.15) is 28.8 Å². The van der Waals surface area contributed by atoms with Gasteiger partial charge in [0, 0.05) is 24.4 Å². The Morgan fingerprint density at radius 3 is 2.60 bits per heavy atom. The molecule has 1 aliphatic heterocycles. The monoisotopic (exact) mass is 413 g/mol. The van der Waals surface area contributed by atoms with Gasteiger partial charge in [-0.2, -0.15) is 0 Å². The molecule has 0 bridgehead atoms. The largest absolute Gasteiger partial charge is 0.478 e. The van der Waals surface area contributed by atoms with Crippen LogP contribution >= 0.6 is 0 Å². The number of carbonyl (C=O) groups excluding carboxylic acids is 2. The van der Waals surface area contributed by atoms with Gasteiger partial charge in [0.2, 0.25) is 5.91 Å². The number of nitro groups is 1. The Balaban J connectivity index is 1.59. The second-order valence-electron chi connectivity index (χ2n) is 6.70. The number of likely N-dealkylation sites (tertiary alicyclic amines) is 1. The molecule has 10 nitrogen and oxygen atoms in total. The van der Waals surface area contributed by atoms with Crippen molar-refractivity contribution < 1.29 is 29.2 Å². The highest BCUT2D eigenvalue weighted by Crippen LogP contribution is 2.21. The summed E-state index contributed by atoms with van der Waals surface area (Å²) in [5.41, 5.74) is 0.887. The van der Waals surface area contributed by atoms with Gasteiger partial charge in [-0.15, -0.1) is 0 Å². The SMILES string of the molecule is O=C(O)c1cccc(NC(=O)[C@@H]2CCCN2C(=O)OCc2ccc([N+](=O)[O-])cc2)c1. The summed E-state index contributed by atoms with van der Waals surface area (Å²) < 4.78 is 5.25. The maximum absolute atomic E-state index is 12.6. The van der Waals surface area contributed by atoms with Gasteiger partial charge in [0.25, 0.3) is 5.69 Å². The zero-order valence-corrected chi connectivity index (χ0v) is 15.8. The van der Waals surface area contributed by atoms with Crippen molar-refractivity contribution in [2.24, 2.45) is 0 Å². The Labute approximate surface area is 171 Å². The van der Waals surface area contributed by atoms with Gasteiger partial charge in [-0.25, -0.2) is 9.59 Å². The lowest BCUT2D eigenvalue weighted by Crippen LogP contribution is -2.43. The summed E-state index contributed by atoms with van der Waals surface area (Å²) >= 11 is 0. The first-order valence-electron chi connectivity index (χ1n) is 9.16. The molecule has 0 aliphatic carbocycles. The molecule has 1 heterocycles. The molecule has 1 aliphatic rings. The maximum Gasteiger partial charge on any atom is 0.410 e. The number of non-ortho nitro benzene ring substituents is 1. The van der Waals surface area contributed by atoms with Crippen LogP contribution < -0.4 is 5.32 Å². The van der Waals surface area contributed by atoms with E-state index < -0.39 is 28.9 Å². The van der Waals surface area contributed by atoms with Gasteiger partial charge in [-0.1, -0.05) is 6.07 Å². The number of hydrogen-bond donors (Lipinski definition) is 2. The highest BCUT2D eigenvalue weighted by atomic mass is 16.6. The minimum atomic E-state index is -1.11. The fourth-order valence-electron chi connectivity index (χ4n) is 3.16. The highest BCUT2D eigenvalue weighted by molar-refractivity contribution is 5.98. The number of benzene rings is 2. The summed E-state index contributed by atoms with van der Waals surface area (Å²) in [5, 5.41) is 22.4. The van der Waals surface area contributed by atoms with E-state index in [1.165, 1.54) is 47.4 Å². The number of carbonyl (C=O) groups is 3. The quantitative estimate of drug-likeness (QED) is 0.548. The fourth-order valence-corrected chi connectivity index (χ4v) is 3.16. The van der Waals surface area contributed by atoms with E-state index in [9.17, 15) is 24.5 Å². The third-order valence-electron chi connectivity index (χ3n) is 4.68. The third-order valence-corrected chi connectivity index (χ3v) is 4.68. The summed E-state index contributed by atoms with van der Waals surface area (Å²) in [6.07, 6.45) is 0.419. The third kappa shape index (κ3) is 4.90. The zero-order chi connectivity index (χ0) is 21.7. The standard InChI is InChI=1S/C20H19N3O7/c24-18(21-15-4-1-3-14(11-15)19(25)26)17-5-2-10-22(17)20(27)30-12-13-6-8-16(9-7-13)23(28)29/h1,3-4,6-9,11,17H,2,5,10,12H2,(H,21,24)(H,25,26)/t17-/m0/s1. The first-order valence-corrected chi connectivity index (χ1v) is 9.16. The molecule has 30 heavy (non-hydrogen) atoms. The lowest BCUT2D eigenvalue weighted by molar-refractivity contribution is -0.384. The van der Waals surface area contributed by atoms with Gasteiger partial charge in [-0.05, 0) is 48.7 Å².